The molecule has 1 saturated heterocycles. The first-order valence-corrected chi connectivity index (χ1v) is 8.45. The van der Waals surface area contributed by atoms with Gasteiger partial charge in [-0.3, -0.25) is 4.79 Å². The molecule has 7 nitrogen and oxygen atoms in total. The van der Waals surface area contributed by atoms with E-state index in [9.17, 15) is 4.79 Å². The van der Waals surface area contributed by atoms with E-state index < -0.39 is 6.04 Å². The van der Waals surface area contributed by atoms with Gasteiger partial charge in [-0.05, 0) is 43.4 Å². The summed E-state index contributed by atoms with van der Waals surface area (Å²) in [6.07, 6.45) is 1.63. The van der Waals surface area contributed by atoms with Crippen LogP contribution in [0.5, 0.6) is 17.2 Å². The fourth-order valence-electron chi connectivity index (χ4n) is 3.03. The first-order chi connectivity index (χ1) is 12.0. The van der Waals surface area contributed by atoms with Gasteiger partial charge in [0.1, 0.15) is 0 Å². The summed E-state index contributed by atoms with van der Waals surface area (Å²) < 4.78 is 21.4. The van der Waals surface area contributed by atoms with Crippen molar-refractivity contribution in [2.45, 2.75) is 31.8 Å². The second kappa shape index (κ2) is 8.92. The topological polar surface area (TPSA) is 92.0 Å². The predicted molar refractivity (Wildman–Crippen MR) is 94.2 cm³/mol. The molecule has 140 valence electrons. The molecule has 1 aliphatic rings. The molecular formula is C18H28N2O5. The highest BCUT2D eigenvalue weighted by Gasteiger charge is 2.28. The summed E-state index contributed by atoms with van der Waals surface area (Å²) >= 11 is 0. The van der Waals surface area contributed by atoms with E-state index in [1.807, 2.05) is 19.1 Å². The molecule has 25 heavy (non-hydrogen) atoms. The number of carbonyl (C=O) groups excluding carboxylic acids is 1. The van der Waals surface area contributed by atoms with E-state index in [2.05, 4.69) is 5.32 Å². The zero-order valence-corrected chi connectivity index (χ0v) is 15.3. The highest BCUT2D eigenvalue weighted by molar-refractivity contribution is 5.82. The molecule has 1 fully saturated rings. The molecule has 3 N–H and O–H groups in total. The van der Waals surface area contributed by atoms with Gasteiger partial charge in [-0.1, -0.05) is 0 Å². The van der Waals surface area contributed by atoms with Crippen molar-refractivity contribution < 1.29 is 23.7 Å². The van der Waals surface area contributed by atoms with Gasteiger partial charge in [0, 0.05) is 13.2 Å². The van der Waals surface area contributed by atoms with Crippen molar-refractivity contribution >= 4 is 5.91 Å². The smallest absolute Gasteiger partial charge is 0.237 e. The molecular weight excluding hydrogens is 324 g/mol. The largest absolute Gasteiger partial charge is 0.493 e. The molecule has 1 amide bonds. The van der Waals surface area contributed by atoms with Crippen LogP contribution in [0.3, 0.4) is 0 Å². The van der Waals surface area contributed by atoms with Crippen molar-refractivity contribution in [3.8, 4) is 17.2 Å². The maximum absolute atomic E-state index is 12.5. The molecule has 7 heteroatoms. The Balaban J connectivity index is 2.11. The van der Waals surface area contributed by atoms with Crippen molar-refractivity contribution in [1.82, 2.24) is 5.32 Å². The Labute approximate surface area is 148 Å². The molecule has 0 aliphatic carbocycles. The van der Waals surface area contributed by atoms with Crippen LogP contribution >= 0.6 is 0 Å². The lowest BCUT2D eigenvalue weighted by atomic mass is 9.91. The average molecular weight is 352 g/mol. The minimum Gasteiger partial charge on any atom is -0.493 e. The van der Waals surface area contributed by atoms with E-state index in [0.717, 1.165) is 18.4 Å². The van der Waals surface area contributed by atoms with Gasteiger partial charge >= 0.3 is 0 Å². The van der Waals surface area contributed by atoms with E-state index in [-0.39, 0.29) is 17.9 Å². The lowest BCUT2D eigenvalue weighted by molar-refractivity contribution is -0.125. The summed E-state index contributed by atoms with van der Waals surface area (Å²) in [6.45, 7) is 3.22. The Morgan fingerprint density at radius 2 is 1.72 bits per heavy atom. The minimum atomic E-state index is -0.534. The normalized spacial score (nSPS) is 17.5. The van der Waals surface area contributed by atoms with Gasteiger partial charge < -0.3 is 30.0 Å². The van der Waals surface area contributed by atoms with E-state index in [0.29, 0.717) is 30.5 Å². The fraction of sp³-hybridized carbons (Fsp3) is 0.611. The lowest BCUT2D eigenvalue weighted by Gasteiger charge is -2.28. The Hall–Kier alpha value is -1.99. The number of amides is 1. The maximum atomic E-state index is 12.5. The van der Waals surface area contributed by atoms with E-state index >= 15 is 0 Å². The van der Waals surface area contributed by atoms with Gasteiger partial charge in [-0.2, -0.15) is 0 Å². The lowest BCUT2D eigenvalue weighted by Crippen LogP contribution is -2.47. The van der Waals surface area contributed by atoms with Gasteiger partial charge in [0.25, 0.3) is 0 Å². The number of hydrogen-bond donors (Lipinski definition) is 2. The molecule has 0 bridgehead atoms. The number of methoxy groups -OCH3 is 3. The SMILES string of the molecule is COc1cc(C(C)NC(=O)C(N)C2CCOCC2)cc(OC)c1OC. The first-order valence-electron chi connectivity index (χ1n) is 8.45. The molecule has 2 atom stereocenters. The molecule has 1 aromatic rings. The van der Waals surface area contributed by atoms with Crippen LogP contribution in [0.1, 0.15) is 31.4 Å². The Morgan fingerprint density at radius 1 is 1.16 bits per heavy atom. The van der Waals surface area contributed by atoms with Crippen LogP contribution in [0.15, 0.2) is 12.1 Å². The molecule has 0 saturated carbocycles. The van der Waals surface area contributed by atoms with Crippen molar-refractivity contribution in [1.29, 1.82) is 0 Å². The van der Waals surface area contributed by atoms with Crippen LogP contribution in [0.25, 0.3) is 0 Å². The van der Waals surface area contributed by atoms with Gasteiger partial charge in [-0.25, -0.2) is 0 Å². The molecule has 1 heterocycles. The first kappa shape index (κ1) is 19.3. The van der Waals surface area contributed by atoms with Crippen LogP contribution in [0.4, 0.5) is 0 Å². The summed E-state index contributed by atoms with van der Waals surface area (Å²) in [7, 11) is 4.68. The number of ether oxygens (including phenoxy) is 4. The summed E-state index contributed by atoms with van der Waals surface area (Å²) in [5, 5.41) is 2.98. The number of rotatable bonds is 7. The monoisotopic (exact) mass is 352 g/mol. The predicted octanol–water partition coefficient (Wildman–Crippen LogP) is 1.64. The third-order valence-corrected chi connectivity index (χ3v) is 4.62. The van der Waals surface area contributed by atoms with Gasteiger partial charge in [0.2, 0.25) is 11.7 Å². The van der Waals surface area contributed by atoms with E-state index in [4.69, 9.17) is 24.7 Å². The molecule has 1 aromatic carbocycles. The standard InChI is InChI=1S/C18H28N2O5/c1-11(20-18(21)16(19)12-5-7-25-8-6-12)13-9-14(22-2)17(24-4)15(10-13)23-3/h9-12,16H,5-8,19H2,1-4H3,(H,20,21). The summed E-state index contributed by atoms with van der Waals surface area (Å²) in [6, 6.07) is 2.87. The molecule has 2 unspecified atom stereocenters. The van der Waals surface area contributed by atoms with Crippen LogP contribution in [0.2, 0.25) is 0 Å². The van der Waals surface area contributed by atoms with Crippen molar-refractivity contribution in [2.75, 3.05) is 34.5 Å². The number of carbonyl (C=O) groups is 1. The number of benzene rings is 1. The Morgan fingerprint density at radius 3 is 2.20 bits per heavy atom. The van der Waals surface area contributed by atoms with E-state index in [1.54, 1.807) is 21.3 Å². The van der Waals surface area contributed by atoms with Gasteiger partial charge in [0.15, 0.2) is 11.5 Å². The fourth-order valence-corrected chi connectivity index (χ4v) is 3.03. The maximum Gasteiger partial charge on any atom is 0.237 e. The highest BCUT2D eigenvalue weighted by atomic mass is 16.5. The van der Waals surface area contributed by atoms with Gasteiger partial charge in [-0.15, -0.1) is 0 Å². The summed E-state index contributed by atoms with van der Waals surface area (Å²) in [4.78, 5) is 12.5. The Kier molecular flexibility index (Phi) is 6.90. The molecule has 0 spiro atoms. The average Bonchev–Trinajstić information content (AvgIpc) is 2.66. The second-order valence-electron chi connectivity index (χ2n) is 6.16. The third kappa shape index (κ3) is 4.55. The molecule has 1 aliphatic heterocycles. The third-order valence-electron chi connectivity index (χ3n) is 4.62. The molecule has 2 rings (SSSR count). The van der Waals surface area contributed by atoms with Crippen LogP contribution in [0, 0.1) is 5.92 Å². The molecule has 0 aromatic heterocycles. The van der Waals surface area contributed by atoms with Gasteiger partial charge in [0.05, 0.1) is 33.4 Å². The number of nitrogens with two attached hydrogens (primary N) is 1. The zero-order chi connectivity index (χ0) is 18.4. The molecule has 0 radical (unpaired) electrons. The van der Waals surface area contributed by atoms with Crippen LogP contribution in [-0.2, 0) is 9.53 Å². The van der Waals surface area contributed by atoms with E-state index in [1.165, 1.54) is 0 Å². The summed E-state index contributed by atoms with van der Waals surface area (Å²) in [5.41, 5.74) is 6.99. The quantitative estimate of drug-likeness (QED) is 0.775. The van der Waals surface area contributed by atoms with Crippen LogP contribution in [-0.4, -0.2) is 46.5 Å². The number of hydrogen-bond acceptors (Lipinski definition) is 6. The highest BCUT2D eigenvalue weighted by Crippen LogP contribution is 2.39. The number of nitrogens with one attached hydrogen (secondary N) is 1. The van der Waals surface area contributed by atoms with Crippen molar-refractivity contribution in [3.05, 3.63) is 17.7 Å². The summed E-state index contributed by atoms with van der Waals surface area (Å²) in [5.74, 6) is 1.61. The zero-order valence-electron chi connectivity index (χ0n) is 15.3. The van der Waals surface area contributed by atoms with Crippen LogP contribution < -0.4 is 25.3 Å². The van der Waals surface area contributed by atoms with Crippen molar-refractivity contribution in [2.24, 2.45) is 11.7 Å². The minimum absolute atomic E-state index is 0.154. The second-order valence-corrected chi connectivity index (χ2v) is 6.16. The van der Waals surface area contributed by atoms with Crippen molar-refractivity contribution in [3.63, 3.8) is 0 Å². The Bertz CT molecular complexity index is 562.